The van der Waals surface area contributed by atoms with Crippen LogP contribution in [0.1, 0.15) is 57.8 Å². The van der Waals surface area contributed by atoms with E-state index in [0.717, 1.165) is 62.9 Å². The van der Waals surface area contributed by atoms with Crippen LogP contribution in [-0.2, 0) is 9.59 Å². The third-order valence-electron chi connectivity index (χ3n) is 6.95. The van der Waals surface area contributed by atoms with Crippen LogP contribution < -0.4 is 16.0 Å². The molecule has 1 heterocycles. The average molecular weight is 377 g/mol. The molecule has 1 aliphatic heterocycles. The highest BCUT2D eigenvalue weighted by molar-refractivity contribution is 5.85. The number of carbonyl (C=O) groups excluding carboxylic acids is 3. The molecule has 0 atom stereocenters. The first kappa shape index (κ1) is 18.6. The van der Waals surface area contributed by atoms with Gasteiger partial charge in [0.15, 0.2) is 0 Å². The molecule has 0 aromatic rings. The van der Waals surface area contributed by atoms with Crippen molar-refractivity contribution in [2.75, 3.05) is 26.2 Å². The quantitative estimate of drug-likeness (QED) is 0.654. The van der Waals surface area contributed by atoms with Gasteiger partial charge >= 0.3 is 6.03 Å². The van der Waals surface area contributed by atoms with Gasteiger partial charge in [0.2, 0.25) is 11.8 Å². The second-order valence-electron chi connectivity index (χ2n) is 9.19. The van der Waals surface area contributed by atoms with Crippen LogP contribution in [0.3, 0.4) is 0 Å². The van der Waals surface area contributed by atoms with Crippen molar-refractivity contribution in [1.82, 2.24) is 20.9 Å². The summed E-state index contributed by atoms with van der Waals surface area (Å²) in [6.45, 7) is 1.93. The van der Waals surface area contributed by atoms with Gasteiger partial charge in [-0.2, -0.15) is 0 Å². The van der Waals surface area contributed by atoms with E-state index in [0.29, 0.717) is 6.54 Å². The summed E-state index contributed by atoms with van der Waals surface area (Å²) in [4.78, 5) is 37.9. The van der Waals surface area contributed by atoms with Gasteiger partial charge in [0.25, 0.3) is 0 Å². The monoisotopic (exact) mass is 376 g/mol. The predicted octanol–water partition coefficient (Wildman–Crippen LogP) is 1.38. The minimum absolute atomic E-state index is 0.0107. The van der Waals surface area contributed by atoms with Gasteiger partial charge in [-0.25, -0.2) is 4.79 Å². The van der Waals surface area contributed by atoms with E-state index < -0.39 is 0 Å². The third-order valence-corrected chi connectivity index (χ3v) is 6.95. The summed E-state index contributed by atoms with van der Waals surface area (Å²) in [5.74, 6) is 2.15. The lowest BCUT2D eigenvalue weighted by Crippen LogP contribution is -2.61. The van der Waals surface area contributed by atoms with E-state index >= 15 is 0 Å². The number of nitrogens with zero attached hydrogens (tertiary/aromatic N) is 1. The molecule has 27 heavy (non-hydrogen) atoms. The maximum atomic E-state index is 12.3. The highest BCUT2D eigenvalue weighted by Gasteiger charge is 2.51. The first-order valence-corrected chi connectivity index (χ1v) is 10.6. The van der Waals surface area contributed by atoms with E-state index in [2.05, 4.69) is 16.0 Å². The van der Waals surface area contributed by atoms with E-state index in [1.165, 1.54) is 19.3 Å². The molecule has 4 saturated carbocycles. The van der Waals surface area contributed by atoms with Crippen molar-refractivity contribution in [3.63, 3.8) is 0 Å². The summed E-state index contributed by atoms with van der Waals surface area (Å²) in [6, 6.07) is -0.155. The Hall–Kier alpha value is -1.79. The molecule has 4 bridgehead atoms. The fourth-order valence-corrected chi connectivity index (χ4v) is 6.18. The zero-order valence-corrected chi connectivity index (χ0v) is 16.1. The molecular weight excluding hydrogens is 344 g/mol. The molecule has 5 aliphatic rings. The number of carbonyl (C=O) groups is 3. The maximum absolute atomic E-state index is 12.3. The third kappa shape index (κ3) is 4.38. The highest BCUT2D eigenvalue weighted by atomic mass is 16.2. The lowest BCUT2D eigenvalue weighted by molar-refractivity contribution is -0.132. The van der Waals surface area contributed by atoms with Crippen LogP contribution in [0.4, 0.5) is 4.79 Å². The Kier molecular flexibility index (Phi) is 5.28. The molecule has 0 aromatic carbocycles. The van der Waals surface area contributed by atoms with Crippen molar-refractivity contribution in [2.45, 2.75) is 63.3 Å². The van der Waals surface area contributed by atoms with Crippen molar-refractivity contribution in [3.8, 4) is 0 Å². The zero-order valence-electron chi connectivity index (χ0n) is 16.1. The summed E-state index contributed by atoms with van der Waals surface area (Å²) < 4.78 is 0. The first-order chi connectivity index (χ1) is 13.0. The Morgan fingerprint density at radius 2 is 1.48 bits per heavy atom. The summed E-state index contributed by atoms with van der Waals surface area (Å²) in [5.41, 5.74) is -0.0107. The predicted molar refractivity (Wildman–Crippen MR) is 101 cm³/mol. The number of likely N-dealkylation sites (tertiary alicyclic amines) is 1. The number of amides is 4. The van der Waals surface area contributed by atoms with E-state index in [-0.39, 0.29) is 36.3 Å². The molecule has 5 rings (SSSR count). The van der Waals surface area contributed by atoms with E-state index in [1.54, 1.807) is 4.90 Å². The van der Waals surface area contributed by atoms with Crippen LogP contribution in [0.25, 0.3) is 0 Å². The van der Waals surface area contributed by atoms with Crippen molar-refractivity contribution >= 4 is 17.8 Å². The zero-order chi connectivity index (χ0) is 18.9. The number of nitrogens with one attached hydrogen (secondary N) is 3. The molecule has 0 unspecified atom stereocenters. The lowest BCUT2D eigenvalue weighted by atomic mass is 9.53. The van der Waals surface area contributed by atoms with Gasteiger partial charge in [0, 0.05) is 31.6 Å². The van der Waals surface area contributed by atoms with E-state index in [1.807, 2.05) is 0 Å². The summed E-state index contributed by atoms with van der Waals surface area (Å²) in [7, 11) is 0. The van der Waals surface area contributed by atoms with Gasteiger partial charge in [-0.15, -0.1) is 0 Å². The number of hydrogen-bond donors (Lipinski definition) is 3. The second kappa shape index (κ2) is 7.68. The summed E-state index contributed by atoms with van der Waals surface area (Å²) >= 11 is 0. The molecule has 0 spiro atoms. The first-order valence-electron chi connectivity index (χ1n) is 10.6. The van der Waals surface area contributed by atoms with Crippen LogP contribution in [0.15, 0.2) is 0 Å². The van der Waals surface area contributed by atoms with Crippen LogP contribution >= 0.6 is 0 Å². The Morgan fingerprint density at radius 3 is 2.07 bits per heavy atom. The number of urea groups is 1. The Morgan fingerprint density at radius 1 is 0.889 bits per heavy atom. The van der Waals surface area contributed by atoms with Crippen molar-refractivity contribution in [3.05, 3.63) is 0 Å². The maximum Gasteiger partial charge on any atom is 0.315 e. The van der Waals surface area contributed by atoms with Crippen LogP contribution in [0, 0.1) is 17.8 Å². The Labute approximate surface area is 161 Å². The van der Waals surface area contributed by atoms with Gasteiger partial charge in [0.1, 0.15) is 0 Å². The SMILES string of the molecule is O=C(CCNC(=O)NC12CC3CC(CC(C3)C1)C2)NCC(=O)N1CCCC1. The van der Waals surface area contributed by atoms with Crippen LogP contribution in [0.2, 0.25) is 0 Å². The van der Waals surface area contributed by atoms with Gasteiger partial charge < -0.3 is 20.9 Å². The molecule has 150 valence electrons. The largest absolute Gasteiger partial charge is 0.347 e. The molecule has 1 saturated heterocycles. The summed E-state index contributed by atoms with van der Waals surface area (Å²) in [6.07, 6.45) is 9.67. The fourth-order valence-electron chi connectivity index (χ4n) is 6.18. The van der Waals surface area contributed by atoms with Gasteiger partial charge in [-0.05, 0) is 69.1 Å². The van der Waals surface area contributed by atoms with Crippen LogP contribution in [-0.4, -0.2) is 54.5 Å². The molecule has 3 N–H and O–H groups in total. The van der Waals surface area contributed by atoms with Gasteiger partial charge in [-0.1, -0.05) is 0 Å². The van der Waals surface area contributed by atoms with E-state index in [9.17, 15) is 14.4 Å². The summed E-state index contributed by atoms with van der Waals surface area (Å²) in [5, 5.41) is 8.73. The topological polar surface area (TPSA) is 90.5 Å². The van der Waals surface area contributed by atoms with Crippen LogP contribution in [0.5, 0.6) is 0 Å². The number of hydrogen-bond acceptors (Lipinski definition) is 3. The molecule has 4 amide bonds. The van der Waals surface area contributed by atoms with Crippen molar-refractivity contribution in [2.24, 2.45) is 17.8 Å². The lowest BCUT2D eigenvalue weighted by Gasteiger charge is -2.56. The molecule has 5 fully saturated rings. The number of rotatable bonds is 6. The molecule has 0 radical (unpaired) electrons. The van der Waals surface area contributed by atoms with Crippen molar-refractivity contribution < 1.29 is 14.4 Å². The van der Waals surface area contributed by atoms with Gasteiger partial charge in [-0.3, -0.25) is 9.59 Å². The Balaban J connectivity index is 1.14. The molecule has 4 aliphatic carbocycles. The highest BCUT2D eigenvalue weighted by Crippen LogP contribution is 2.55. The second-order valence-corrected chi connectivity index (χ2v) is 9.19. The molecule has 7 heteroatoms. The smallest absolute Gasteiger partial charge is 0.315 e. The molecule has 0 aromatic heterocycles. The van der Waals surface area contributed by atoms with E-state index in [4.69, 9.17) is 0 Å². The minimum Gasteiger partial charge on any atom is -0.347 e. The normalized spacial score (nSPS) is 33.8. The minimum atomic E-state index is -0.197. The van der Waals surface area contributed by atoms with Gasteiger partial charge in [0.05, 0.1) is 6.54 Å². The standard InChI is InChI=1S/C20H32N4O3/c25-17(22-13-18(26)24-5-1-2-6-24)3-4-21-19(27)23-20-10-14-7-15(11-20)9-16(8-14)12-20/h14-16H,1-13H2,(H,22,25)(H2,21,23,27). The Bertz CT molecular complexity index is 565. The fraction of sp³-hybridized carbons (Fsp3) is 0.850. The van der Waals surface area contributed by atoms with Crippen molar-refractivity contribution in [1.29, 1.82) is 0 Å². The average Bonchev–Trinajstić information content (AvgIpc) is 3.12. The molecular formula is C20H32N4O3. The molecule has 7 nitrogen and oxygen atoms in total.